The summed E-state index contributed by atoms with van der Waals surface area (Å²) in [6.45, 7) is 8.92. The number of carbonyl (C=O) groups excluding carboxylic acids is 2. The topological polar surface area (TPSA) is 52.6 Å². The third-order valence-corrected chi connectivity index (χ3v) is 3.33. The van der Waals surface area contributed by atoms with Gasteiger partial charge in [0.2, 0.25) is 0 Å². The summed E-state index contributed by atoms with van der Waals surface area (Å²) in [5.41, 5.74) is 1.07. The molecule has 4 heteroatoms. The van der Waals surface area contributed by atoms with Gasteiger partial charge in [-0.3, -0.25) is 9.59 Å². The van der Waals surface area contributed by atoms with E-state index in [0.29, 0.717) is 5.75 Å². The van der Waals surface area contributed by atoms with Crippen LogP contribution in [0.4, 0.5) is 0 Å². The van der Waals surface area contributed by atoms with Gasteiger partial charge in [0.1, 0.15) is 17.8 Å². The third kappa shape index (κ3) is 3.83. The lowest BCUT2D eigenvalue weighted by atomic mass is 9.88. The van der Waals surface area contributed by atoms with Crippen LogP contribution < -0.4 is 4.74 Å². The molecular formula is C16H22O4. The summed E-state index contributed by atoms with van der Waals surface area (Å²) in [6.07, 6.45) is 0. The zero-order valence-electron chi connectivity index (χ0n) is 12.8. The molecule has 0 aromatic heterocycles. The quantitative estimate of drug-likeness (QED) is 0.593. The van der Waals surface area contributed by atoms with E-state index in [1.54, 1.807) is 20.8 Å². The second-order valence-electron chi connectivity index (χ2n) is 5.30. The van der Waals surface area contributed by atoms with Gasteiger partial charge in [0.25, 0.3) is 0 Å². The standard InChI is InChI=1S/C16H22O4/c1-6-19-15(18)16(4,5)14(17)10-20-13-8-7-11(2)12(3)9-13/h7-9H,6,10H2,1-5H3. The molecule has 0 radical (unpaired) electrons. The van der Waals surface area contributed by atoms with E-state index in [0.717, 1.165) is 11.1 Å². The van der Waals surface area contributed by atoms with Gasteiger partial charge in [-0.25, -0.2) is 0 Å². The molecule has 0 N–H and O–H groups in total. The van der Waals surface area contributed by atoms with Gasteiger partial charge >= 0.3 is 5.97 Å². The maximum Gasteiger partial charge on any atom is 0.319 e. The Balaban J connectivity index is 2.66. The van der Waals surface area contributed by atoms with Gasteiger partial charge in [-0.1, -0.05) is 6.07 Å². The Labute approximate surface area is 120 Å². The van der Waals surface area contributed by atoms with Crippen LogP contribution in [0.15, 0.2) is 18.2 Å². The number of carbonyl (C=O) groups is 2. The number of hydrogen-bond donors (Lipinski definition) is 0. The van der Waals surface area contributed by atoms with Crippen LogP contribution in [-0.2, 0) is 14.3 Å². The lowest BCUT2D eigenvalue weighted by molar-refractivity contribution is -0.158. The van der Waals surface area contributed by atoms with Crippen molar-refractivity contribution in [2.75, 3.05) is 13.2 Å². The molecule has 0 spiro atoms. The molecular weight excluding hydrogens is 256 g/mol. The highest BCUT2D eigenvalue weighted by Gasteiger charge is 2.37. The number of hydrogen-bond acceptors (Lipinski definition) is 4. The first kappa shape index (κ1) is 16.2. The van der Waals surface area contributed by atoms with Crippen molar-refractivity contribution in [1.82, 2.24) is 0 Å². The number of rotatable bonds is 6. The predicted octanol–water partition coefficient (Wildman–Crippen LogP) is 2.84. The van der Waals surface area contributed by atoms with E-state index in [1.165, 1.54) is 0 Å². The molecule has 0 fully saturated rings. The number of esters is 1. The van der Waals surface area contributed by atoms with Crippen LogP contribution in [0.2, 0.25) is 0 Å². The second-order valence-corrected chi connectivity index (χ2v) is 5.30. The van der Waals surface area contributed by atoms with E-state index in [4.69, 9.17) is 9.47 Å². The van der Waals surface area contributed by atoms with Crippen LogP contribution in [0.25, 0.3) is 0 Å². The summed E-state index contributed by atoms with van der Waals surface area (Å²) in [6, 6.07) is 5.62. The van der Waals surface area contributed by atoms with Gasteiger partial charge in [0.05, 0.1) is 6.61 Å². The monoisotopic (exact) mass is 278 g/mol. The Morgan fingerprint density at radius 3 is 2.35 bits per heavy atom. The highest BCUT2D eigenvalue weighted by atomic mass is 16.5. The van der Waals surface area contributed by atoms with Crippen molar-refractivity contribution >= 4 is 11.8 Å². The second kappa shape index (κ2) is 6.55. The van der Waals surface area contributed by atoms with Gasteiger partial charge in [-0.15, -0.1) is 0 Å². The molecule has 0 aliphatic carbocycles. The average Bonchev–Trinajstić information content (AvgIpc) is 2.39. The van der Waals surface area contributed by atoms with Crippen LogP contribution in [-0.4, -0.2) is 25.0 Å². The lowest BCUT2D eigenvalue weighted by Gasteiger charge is -2.20. The Bertz CT molecular complexity index is 503. The van der Waals surface area contributed by atoms with E-state index in [-0.39, 0.29) is 19.0 Å². The normalized spacial score (nSPS) is 11.1. The zero-order valence-corrected chi connectivity index (χ0v) is 12.8. The Morgan fingerprint density at radius 2 is 1.80 bits per heavy atom. The molecule has 0 atom stereocenters. The molecule has 0 amide bonds. The summed E-state index contributed by atoms with van der Waals surface area (Å²) < 4.78 is 10.4. The van der Waals surface area contributed by atoms with Gasteiger partial charge < -0.3 is 9.47 Å². The van der Waals surface area contributed by atoms with Crippen LogP contribution in [0.3, 0.4) is 0 Å². The minimum atomic E-state index is -1.18. The maximum atomic E-state index is 12.1. The maximum absolute atomic E-state index is 12.1. The smallest absolute Gasteiger partial charge is 0.319 e. The molecule has 0 unspecified atom stereocenters. The van der Waals surface area contributed by atoms with Gasteiger partial charge in [-0.2, -0.15) is 0 Å². The summed E-state index contributed by atoms with van der Waals surface area (Å²) in [5, 5.41) is 0. The Morgan fingerprint density at radius 1 is 1.15 bits per heavy atom. The van der Waals surface area contributed by atoms with Crippen molar-refractivity contribution in [2.45, 2.75) is 34.6 Å². The fourth-order valence-corrected chi connectivity index (χ4v) is 1.56. The molecule has 0 heterocycles. The van der Waals surface area contributed by atoms with Crippen LogP contribution in [0, 0.1) is 19.3 Å². The summed E-state index contributed by atoms with van der Waals surface area (Å²) in [7, 11) is 0. The van der Waals surface area contributed by atoms with Crippen molar-refractivity contribution < 1.29 is 19.1 Å². The number of benzene rings is 1. The van der Waals surface area contributed by atoms with E-state index >= 15 is 0 Å². The zero-order chi connectivity index (χ0) is 15.3. The van der Waals surface area contributed by atoms with Crippen LogP contribution in [0.5, 0.6) is 5.75 Å². The fraction of sp³-hybridized carbons (Fsp3) is 0.500. The first-order valence-electron chi connectivity index (χ1n) is 6.69. The molecule has 0 saturated carbocycles. The minimum absolute atomic E-state index is 0.145. The van der Waals surface area contributed by atoms with Crippen molar-refractivity contribution in [3.05, 3.63) is 29.3 Å². The third-order valence-electron chi connectivity index (χ3n) is 3.33. The summed E-state index contributed by atoms with van der Waals surface area (Å²) in [4.78, 5) is 23.8. The molecule has 1 aromatic carbocycles. The highest BCUT2D eigenvalue weighted by molar-refractivity contribution is 6.03. The Hall–Kier alpha value is -1.84. The molecule has 0 bridgehead atoms. The molecule has 1 rings (SSSR count). The predicted molar refractivity (Wildman–Crippen MR) is 76.8 cm³/mol. The summed E-state index contributed by atoms with van der Waals surface area (Å²) in [5.74, 6) is -0.191. The Kier molecular flexibility index (Phi) is 5.31. The number of aryl methyl sites for hydroxylation is 2. The SMILES string of the molecule is CCOC(=O)C(C)(C)C(=O)COc1ccc(C)c(C)c1. The first-order valence-corrected chi connectivity index (χ1v) is 6.69. The highest BCUT2D eigenvalue weighted by Crippen LogP contribution is 2.21. The van der Waals surface area contributed by atoms with E-state index in [2.05, 4.69) is 0 Å². The first-order chi connectivity index (χ1) is 9.28. The number of Topliss-reactive ketones (excluding diaryl/α,β-unsaturated/α-hetero) is 1. The average molecular weight is 278 g/mol. The van der Waals surface area contributed by atoms with E-state index < -0.39 is 11.4 Å². The number of ketones is 1. The fourth-order valence-electron chi connectivity index (χ4n) is 1.56. The van der Waals surface area contributed by atoms with E-state index in [9.17, 15) is 9.59 Å². The molecule has 1 aromatic rings. The molecule has 0 aliphatic rings. The van der Waals surface area contributed by atoms with Crippen molar-refractivity contribution in [3.63, 3.8) is 0 Å². The molecule has 20 heavy (non-hydrogen) atoms. The van der Waals surface area contributed by atoms with Crippen molar-refractivity contribution in [1.29, 1.82) is 0 Å². The number of ether oxygens (including phenoxy) is 2. The molecule has 0 saturated heterocycles. The van der Waals surface area contributed by atoms with Gasteiger partial charge in [0, 0.05) is 0 Å². The van der Waals surface area contributed by atoms with Crippen molar-refractivity contribution in [2.24, 2.45) is 5.41 Å². The van der Waals surface area contributed by atoms with Gasteiger partial charge in [-0.05, 0) is 57.9 Å². The van der Waals surface area contributed by atoms with Crippen LogP contribution in [0.1, 0.15) is 31.9 Å². The van der Waals surface area contributed by atoms with Crippen molar-refractivity contribution in [3.8, 4) is 5.75 Å². The van der Waals surface area contributed by atoms with Crippen LogP contribution >= 0.6 is 0 Å². The molecule has 4 nitrogen and oxygen atoms in total. The molecule has 110 valence electrons. The molecule has 0 aliphatic heterocycles. The lowest BCUT2D eigenvalue weighted by Crippen LogP contribution is -2.38. The van der Waals surface area contributed by atoms with E-state index in [1.807, 2.05) is 32.0 Å². The minimum Gasteiger partial charge on any atom is -0.486 e. The summed E-state index contributed by atoms with van der Waals surface area (Å²) >= 11 is 0. The van der Waals surface area contributed by atoms with Gasteiger partial charge in [0.15, 0.2) is 5.78 Å². The largest absolute Gasteiger partial charge is 0.486 e.